The number of halogens is 2. The number of hydrogen-bond acceptors (Lipinski definition) is 2. The molecule has 2 aromatic carbocycles. The molecule has 0 spiro atoms. The number of rotatable bonds is 6. The van der Waals surface area contributed by atoms with Crippen LogP contribution >= 0.6 is 11.6 Å². The predicted octanol–water partition coefficient (Wildman–Crippen LogP) is 4.77. The number of benzene rings is 2. The van der Waals surface area contributed by atoms with E-state index in [4.69, 9.17) is 16.3 Å². The van der Waals surface area contributed by atoms with Gasteiger partial charge >= 0.3 is 0 Å². The highest BCUT2D eigenvalue weighted by molar-refractivity contribution is 6.30. The van der Waals surface area contributed by atoms with Crippen molar-refractivity contribution < 1.29 is 9.13 Å². The van der Waals surface area contributed by atoms with Crippen molar-refractivity contribution >= 4 is 11.6 Å². The molecule has 106 valence electrons. The number of ether oxygens (including phenoxy) is 1. The molecule has 1 N–H and O–H groups in total. The summed E-state index contributed by atoms with van der Waals surface area (Å²) in [5, 5.41) is 3.85. The first-order valence-corrected chi connectivity index (χ1v) is 6.99. The molecule has 2 aromatic rings. The van der Waals surface area contributed by atoms with Crippen molar-refractivity contribution in [3.05, 3.63) is 58.9 Å². The Labute approximate surface area is 123 Å². The zero-order valence-electron chi connectivity index (χ0n) is 11.3. The van der Waals surface area contributed by atoms with Gasteiger partial charge in [0.05, 0.1) is 0 Å². The second-order valence-corrected chi connectivity index (χ2v) is 4.93. The summed E-state index contributed by atoms with van der Waals surface area (Å²) in [4.78, 5) is 0. The fourth-order valence-corrected chi connectivity index (χ4v) is 1.90. The first-order chi connectivity index (χ1) is 9.69. The van der Waals surface area contributed by atoms with Crippen LogP contribution in [0.25, 0.3) is 0 Å². The number of nitrogens with one attached hydrogen (secondary N) is 1. The van der Waals surface area contributed by atoms with E-state index < -0.39 is 0 Å². The van der Waals surface area contributed by atoms with Gasteiger partial charge in [-0.25, -0.2) is 4.39 Å². The first kappa shape index (κ1) is 14.8. The maximum atomic E-state index is 13.9. The van der Waals surface area contributed by atoms with Gasteiger partial charge in [-0.15, -0.1) is 0 Å². The van der Waals surface area contributed by atoms with Gasteiger partial charge in [0.1, 0.15) is 5.75 Å². The molecule has 0 atom stereocenters. The summed E-state index contributed by atoms with van der Waals surface area (Å²) >= 11 is 5.79. The second-order valence-electron chi connectivity index (χ2n) is 4.50. The Kier molecular flexibility index (Phi) is 5.39. The van der Waals surface area contributed by atoms with Crippen LogP contribution in [0.3, 0.4) is 0 Å². The van der Waals surface area contributed by atoms with Gasteiger partial charge in [-0.2, -0.15) is 0 Å². The van der Waals surface area contributed by atoms with Gasteiger partial charge in [-0.05, 0) is 54.9 Å². The molecule has 0 aliphatic carbocycles. The second kappa shape index (κ2) is 7.27. The van der Waals surface area contributed by atoms with Gasteiger partial charge < -0.3 is 10.1 Å². The fraction of sp³-hybridized carbons (Fsp3) is 0.250. The molecule has 0 saturated carbocycles. The van der Waals surface area contributed by atoms with Crippen LogP contribution < -0.4 is 10.1 Å². The largest absolute Gasteiger partial charge is 0.454 e. The zero-order valence-corrected chi connectivity index (χ0v) is 12.1. The lowest BCUT2D eigenvalue weighted by molar-refractivity contribution is 0.441. The van der Waals surface area contributed by atoms with E-state index in [1.165, 1.54) is 6.07 Å². The highest BCUT2D eigenvalue weighted by atomic mass is 35.5. The topological polar surface area (TPSA) is 21.3 Å². The Morgan fingerprint density at radius 3 is 2.55 bits per heavy atom. The van der Waals surface area contributed by atoms with Crippen LogP contribution in [-0.2, 0) is 6.54 Å². The standard InChI is InChI=1S/C16H17ClFNO/c1-2-9-19-11-12-3-8-16(15(18)10-12)20-14-6-4-13(17)5-7-14/h3-8,10,19H,2,9,11H2,1H3. The van der Waals surface area contributed by atoms with Gasteiger partial charge in [0.2, 0.25) is 0 Å². The van der Waals surface area contributed by atoms with E-state index in [-0.39, 0.29) is 11.6 Å². The van der Waals surface area contributed by atoms with E-state index in [1.807, 2.05) is 6.07 Å². The van der Waals surface area contributed by atoms with E-state index in [2.05, 4.69) is 12.2 Å². The Morgan fingerprint density at radius 2 is 1.90 bits per heavy atom. The molecule has 0 aliphatic rings. The highest BCUT2D eigenvalue weighted by Crippen LogP contribution is 2.26. The monoisotopic (exact) mass is 293 g/mol. The van der Waals surface area contributed by atoms with Crippen molar-refractivity contribution in [3.8, 4) is 11.5 Å². The van der Waals surface area contributed by atoms with Crippen molar-refractivity contribution in [2.75, 3.05) is 6.54 Å². The van der Waals surface area contributed by atoms with Gasteiger partial charge in [-0.1, -0.05) is 24.6 Å². The third-order valence-corrected chi connectivity index (χ3v) is 3.05. The molecule has 0 aromatic heterocycles. The Bertz CT molecular complexity index is 557. The third-order valence-electron chi connectivity index (χ3n) is 2.79. The summed E-state index contributed by atoms with van der Waals surface area (Å²) < 4.78 is 19.4. The van der Waals surface area contributed by atoms with Crippen LogP contribution in [0.2, 0.25) is 5.02 Å². The molecule has 0 aliphatic heterocycles. The lowest BCUT2D eigenvalue weighted by atomic mass is 10.2. The fourth-order valence-electron chi connectivity index (χ4n) is 1.78. The van der Waals surface area contributed by atoms with Crippen molar-refractivity contribution in [1.29, 1.82) is 0 Å². The maximum Gasteiger partial charge on any atom is 0.166 e. The molecular weight excluding hydrogens is 277 g/mol. The van der Waals surface area contributed by atoms with Crippen molar-refractivity contribution in [1.82, 2.24) is 5.32 Å². The predicted molar refractivity (Wildman–Crippen MR) is 79.9 cm³/mol. The SMILES string of the molecule is CCCNCc1ccc(Oc2ccc(Cl)cc2)c(F)c1. The van der Waals surface area contributed by atoms with Crippen LogP contribution in [0.15, 0.2) is 42.5 Å². The van der Waals surface area contributed by atoms with Crippen LogP contribution in [0.1, 0.15) is 18.9 Å². The summed E-state index contributed by atoms with van der Waals surface area (Å²) in [7, 11) is 0. The van der Waals surface area contributed by atoms with E-state index in [9.17, 15) is 4.39 Å². The molecule has 4 heteroatoms. The third kappa shape index (κ3) is 4.22. The summed E-state index contributed by atoms with van der Waals surface area (Å²) in [6, 6.07) is 11.8. The summed E-state index contributed by atoms with van der Waals surface area (Å²) in [6.07, 6.45) is 1.06. The van der Waals surface area contributed by atoms with Crippen LogP contribution in [-0.4, -0.2) is 6.54 Å². The van der Waals surface area contributed by atoms with E-state index in [1.54, 1.807) is 30.3 Å². The Morgan fingerprint density at radius 1 is 1.15 bits per heavy atom. The summed E-state index contributed by atoms with van der Waals surface area (Å²) in [6.45, 7) is 3.67. The lowest BCUT2D eigenvalue weighted by Crippen LogP contribution is -2.13. The van der Waals surface area contributed by atoms with Crippen LogP contribution in [0, 0.1) is 5.82 Å². The molecule has 0 radical (unpaired) electrons. The lowest BCUT2D eigenvalue weighted by Gasteiger charge is -2.09. The average Bonchev–Trinajstić information content (AvgIpc) is 2.44. The van der Waals surface area contributed by atoms with Crippen LogP contribution in [0.5, 0.6) is 11.5 Å². The van der Waals surface area contributed by atoms with Gasteiger partial charge in [0.15, 0.2) is 11.6 Å². The van der Waals surface area contributed by atoms with E-state index in [0.29, 0.717) is 17.3 Å². The summed E-state index contributed by atoms with van der Waals surface area (Å²) in [5.41, 5.74) is 0.902. The molecule has 0 amide bonds. The van der Waals surface area contributed by atoms with Crippen molar-refractivity contribution in [2.24, 2.45) is 0 Å². The molecular formula is C16H17ClFNO. The van der Waals surface area contributed by atoms with Gasteiger partial charge in [0.25, 0.3) is 0 Å². The highest BCUT2D eigenvalue weighted by Gasteiger charge is 2.06. The molecule has 0 heterocycles. The number of hydrogen-bond donors (Lipinski definition) is 1. The molecule has 0 bridgehead atoms. The molecule has 20 heavy (non-hydrogen) atoms. The molecule has 0 saturated heterocycles. The minimum absolute atomic E-state index is 0.214. The Balaban J connectivity index is 2.03. The summed E-state index contributed by atoms with van der Waals surface area (Å²) in [5.74, 6) is 0.410. The van der Waals surface area contributed by atoms with Crippen molar-refractivity contribution in [2.45, 2.75) is 19.9 Å². The normalized spacial score (nSPS) is 10.6. The first-order valence-electron chi connectivity index (χ1n) is 6.61. The quantitative estimate of drug-likeness (QED) is 0.775. The molecule has 2 rings (SSSR count). The van der Waals surface area contributed by atoms with E-state index in [0.717, 1.165) is 18.5 Å². The maximum absolute atomic E-state index is 13.9. The average molecular weight is 294 g/mol. The van der Waals surface area contributed by atoms with E-state index >= 15 is 0 Å². The molecule has 0 fully saturated rings. The molecule has 2 nitrogen and oxygen atoms in total. The van der Waals surface area contributed by atoms with Crippen molar-refractivity contribution in [3.63, 3.8) is 0 Å². The Hall–Kier alpha value is -1.58. The minimum atomic E-state index is -0.365. The smallest absolute Gasteiger partial charge is 0.166 e. The van der Waals surface area contributed by atoms with Crippen LogP contribution in [0.4, 0.5) is 4.39 Å². The van der Waals surface area contributed by atoms with Gasteiger partial charge in [-0.3, -0.25) is 0 Å². The zero-order chi connectivity index (χ0) is 14.4. The minimum Gasteiger partial charge on any atom is -0.454 e. The van der Waals surface area contributed by atoms with Gasteiger partial charge in [0, 0.05) is 11.6 Å². The molecule has 0 unspecified atom stereocenters.